The Balaban J connectivity index is 2.31. The number of carbonyl (C=O) groups excluding carboxylic acids is 1. The van der Waals surface area contributed by atoms with Crippen LogP contribution in [0.15, 0.2) is 60.7 Å². The van der Waals surface area contributed by atoms with Gasteiger partial charge in [-0.1, -0.05) is 54.6 Å². The molecule has 0 radical (unpaired) electrons. The van der Waals surface area contributed by atoms with Crippen LogP contribution in [0.25, 0.3) is 16.7 Å². The first-order valence-corrected chi connectivity index (χ1v) is 6.10. The summed E-state index contributed by atoms with van der Waals surface area (Å²) in [6.07, 6.45) is 1.19. The van der Waals surface area contributed by atoms with E-state index in [9.17, 15) is 4.79 Å². The monoisotopic (exact) mass is 263 g/mol. The van der Waals surface area contributed by atoms with Crippen molar-refractivity contribution < 1.29 is 9.53 Å². The van der Waals surface area contributed by atoms with E-state index in [0.717, 1.165) is 11.1 Å². The number of hydrogen-bond acceptors (Lipinski definition) is 3. The van der Waals surface area contributed by atoms with Gasteiger partial charge in [-0.25, -0.2) is 4.79 Å². The lowest BCUT2D eigenvalue weighted by Crippen LogP contribution is -1.96. The van der Waals surface area contributed by atoms with Gasteiger partial charge in [-0.2, -0.15) is 5.26 Å². The molecule has 3 heteroatoms. The fraction of sp³-hybridized carbons (Fsp3) is 0.0588. The summed E-state index contributed by atoms with van der Waals surface area (Å²) >= 11 is 0. The molecule has 0 spiro atoms. The fourth-order valence-corrected chi connectivity index (χ4v) is 1.83. The number of methoxy groups -OCH3 is 1. The highest BCUT2D eigenvalue weighted by atomic mass is 16.5. The van der Waals surface area contributed by atoms with Crippen molar-refractivity contribution in [2.24, 2.45) is 0 Å². The largest absolute Gasteiger partial charge is 0.466 e. The molecule has 0 aliphatic carbocycles. The van der Waals surface area contributed by atoms with Crippen LogP contribution in [0.5, 0.6) is 0 Å². The van der Waals surface area contributed by atoms with Gasteiger partial charge in [0.05, 0.1) is 12.7 Å². The SMILES string of the molecule is COC(=O)/C=C(\C#N)c1ccc(-c2ccccc2)cc1. The summed E-state index contributed by atoms with van der Waals surface area (Å²) in [5, 5.41) is 9.08. The van der Waals surface area contributed by atoms with Gasteiger partial charge in [0.1, 0.15) is 6.07 Å². The molecule has 0 amide bonds. The van der Waals surface area contributed by atoms with Crippen LogP contribution in [0.2, 0.25) is 0 Å². The van der Waals surface area contributed by atoms with Gasteiger partial charge >= 0.3 is 5.97 Å². The molecule has 0 fully saturated rings. The molecule has 0 unspecified atom stereocenters. The zero-order valence-corrected chi connectivity index (χ0v) is 11.0. The van der Waals surface area contributed by atoms with Gasteiger partial charge < -0.3 is 4.74 Å². The zero-order chi connectivity index (χ0) is 14.4. The third kappa shape index (κ3) is 3.12. The molecule has 0 atom stereocenters. The van der Waals surface area contributed by atoms with Gasteiger partial charge in [0.25, 0.3) is 0 Å². The molecule has 0 bridgehead atoms. The lowest BCUT2D eigenvalue weighted by Gasteiger charge is -2.03. The van der Waals surface area contributed by atoms with Crippen LogP contribution >= 0.6 is 0 Å². The molecule has 2 rings (SSSR count). The lowest BCUT2D eigenvalue weighted by molar-refractivity contribution is -0.134. The van der Waals surface area contributed by atoms with Crippen molar-refractivity contribution in [1.82, 2.24) is 0 Å². The number of esters is 1. The molecule has 0 aliphatic heterocycles. The van der Waals surface area contributed by atoms with Gasteiger partial charge in [-0.15, -0.1) is 0 Å². The first-order chi connectivity index (χ1) is 9.74. The number of benzene rings is 2. The Morgan fingerprint density at radius 3 is 2.20 bits per heavy atom. The first kappa shape index (κ1) is 13.6. The van der Waals surface area contributed by atoms with Crippen LogP contribution in [0.3, 0.4) is 0 Å². The van der Waals surface area contributed by atoms with E-state index in [4.69, 9.17) is 5.26 Å². The summed E-state index contributed by atoms with van der Waals surface area (Å²) in [6.45, 7) is 0. The number of allylic oxidation sites excluding steroid dienone is 1. The van der Waals surface area contributed by atoms with E-state index >= 15 is 0 Å². The van der Waals surface area contributed by atoms with Crippen LogP contribution in [0.1, 0.15) is 5.56 Å². The quantitative estimate of drug-likeness (QED) is 0.484. The maximum atomic E-state index is 11.2. The van der Waals surface area contributed by atoms with Crippen LogP contribution in [0, 0.1) is 11.3 Å². The summed E-state index contributed by atoms with van der Waals surface area (Å²) in [6, 6.07) is 19.4. The van der Waals surface area contributed by atoms with Gasteiger partial charge in [-0.05, 0) is 16.7 Å². The van der Waals surface area contributed by atoms with E-state index in [1.165, 1.54) is 13.2 Å². The van der Waals surface area contributed by atoms with Crippen molar-refractivity contribution in [1.29, 1.82) is 5.26 Å². The highest BCUT2D eigenvalue weighted by molar-refractivity contribution is 5.95. The van der Waals surface area contributed by atoms with Gasteiger partial charge in [0.15, 0.2) is 0 Å². The Morgan fingerprint density at radius 2 is 1.65 bits per heavy atom. The van der Waals surface area contributed by atoms with Crippen molar-refractivity contribution in [2.75, 3.05) is 7.11 Å². The van der Waals surface area contributed by atoms with Gasteiger partial charge in [-0.3, -0.25) is 0 Å². The van der Waals surface area contributed by atoms with Crippen LogP contribution in [0.4, 0.5) is 0 Å². The van der Waals surface area contributed by atoms with E-state index < -0.39 is 5.97 Å². The van der Waals surface area contributed by atoms with Crippen molar-refractivity contribution in [3.8, 4) is 17.2 Å². The van der Waals surface area contributed by atoms with E-state index in [2.05, 4.69) is 4.74 Å². The minimum absolute atomic E-state index is 0.288. The molecule has 2 aromatic rings. The van der Waals surface area contributed by atoms with E-state index in [0.29, 0.717) is 5.56 Å². The summed E-state index contributed by atoms with van der Waals surface area (Å²) in [4.78, 5) is 11.2. The average Bonchev–Trinajstić information content (AvgIpc) is 2.53. The van der Waals surface area contributed by atoms with Crippen LogP contribution in [-0.2, 0) is 9.53 Å². The minimum atomic E-state index is -0.534. The van der Waals surface area contributed by atoms with Crippen molar-refractivity contribution in [3.63, 3.8) is 0 Å². The maximum Gasteiger partial charge on any atom is 0.331 e. The highest BCUT2D eigenvalue weighted by Crippen LogP contribution is 2.22. The van der Waals surface area contributed by atoms with E-state index in [1.807, 2.05) is 60.7 Å². The molecular formula is C17H13NO2. The zero-order valence-electron chi connectivity index (χ0n) is 11.0. The molecule has 98 valence electrons. The van der Waals surface area contributed by atoms with Crippen LogP contribution in [-0.4, -0.2) is 13.1 Å². The summed E-state index contributed by atoms with van der Waals surface area (Å²) in [5.74, 6) is -0.534. The molecule has 2 aromatic carbocycles. The van der Waals surface area contributed by atoms with Crippen molar-refractivity contribution >= 4 is 11.5 Å². The molecule has 0 aromatic heterocycles. The second-order valence-corrected chi connectivity index (χ2v) is 4.14. The predicted molar refractivity (Wildman–Crippen MR) is 77.5 cm³/mol. The lowest BCUT2D eigenvalue weighted by atomic mass is 10.0. The number of nitrogens with zero attached hydrogens (tertiary/aromatic N) is 1. The van der Waals surface area contributed by atoms with E-state index in [-0.39, 0.29) is 5.57 Å². The molecular weight excluding hydrogens is 250 g/mol. The number of hydrogen-bond donors (Lipinski definition) is 0. The number of nitriles is 1. The predicted octanol–water partition coefficient (Wildman–Crippen LogP) is 3.43. The van der Waals surface area contributed by atoms with E-state index in [1.54, 1.807) is 0 Å². The fourth-order valence-electron chi connectivity index (χ4n) is 1.83. The topological polar surface area (TPSA) is 50.1 Å². The summed E-state index contributed by atoms with van der Waals surface area (Å²) < 4.78 is 4.53. The van der Waals surface area contributed by atoms with Crippen molar-refractivity contribution in [3.05, 3.63) is 66.2 Å². The summed E-state index contributed by atoms with van der Waals surface area (Å²) in [5.41, 5.74) is 3.15. The molecule has 3 nitrogen and oxygen atoms in total. The minimum Gasteiger partial charge on any atom is -0.466 e. The molecule has 0 N–H and O–H groups in total. The Morgan fingerprint density at radius 1 is 1.05 bits per heavy atom. The smallest absolute Gasteiger partial charge is 0.331 e. The third-order valence-corrected chi connectivity index (χ3v) is 2.89. The summed E-state index contributed by atoms with van der Waals surface area (Å²) in [7, 11) is 1.28. The Hall–Kier alpha value is -2.86. The molecule has 0 heterocycles. The number of carbonyl (C=O) groups is 1. The Labute approximate surface area is 117 Å². The van der Waals surface area contributed by atoms with Gasteiger partial charge in [0, 0.05) is 6.08 Å². The molecule has 20 heavy (non-hydrogen) atoms. The normalized spacial score (nSPS) is 10.7. The second kappa shape index (κ2) is 6.35. The Bertz CT molecular complexity index is 664. The first-order valence-electron chi connectivity index (χ1n) is 6.10. The third-order valence-electron chi connectivity index (χ3n) is 2.89. The Kier molecular flexibility index (Phi) is 4.31. The standard InChI is InChI=1S/C17H13NO2/c1-20-17(19)11-16(12-18)15-9-7-14(8-10-15)13-5-3-2-4-6-13/h2-11H,1H3/b16-11+. The average molecular weight is 263 g/mol. The second-order valence-electron chi connectivity index (χ2n) is 4.14. The maximum absolute atomic E-state index is 11.2. The number of rotatable bonds is 3. The van der Waals surface area contributed by atoms with Gasteiger partial charge in [0.2, 0.25) is 0 Å². The molecule has 0 aliphatic rings. The molecule has 0 saturated heterocycles. The van der Waals surface area contributed by atoms with Crippen molar-refractivity contribution in [2.45, 2.75) is 0 Å². The molecule has 0 saturated carbocycles. The number of ether oxygens (including phenoxy) is 1. The van der Waals surface area contributed by atoms with Crippen LogP contribution < -0.4 is 0 Å². The highest BCUT2D eigenvalue weighted by Gasteiger charge is 2.05.